The van der Waals surface area contributed by atoms with Gasteiger partial charge in [-0.15, -0.1) is 0 Å². The minimum absolute atomic E-state index is 0.00204. The summed E-state index contributed by atoms with van der Waals surface area (Å²) in [5, 5.41) is 19.4. The maximum absolute atomic E-state index is 10.3. The first-order chi connectivity index (χ1) is 5.93. The number of aliphatic hydroxyl groups excluding tert-OH is 1. The van der Waals surface area contributed by atoms with E-state index in [0.29, 0.717) is 12.8 Å². The third kappa shape index (κ3) is 6.34. The first kappa shape index (κ1) is 12.2. The lowest BCUT2D eigenvalue weighted by molar-refractivity contribution is -0.306. The van der Waals surface area contributed by atoms with E-state index in [4.69, 9.17) is 5.11 Å². The fourth-order valence-corrected chi connectivity index (χ4v) is 1.17. The summed E-state index contributed by atoms with van der Waals surface area (Å²) in [5.41, 5.74) is 0.838. The van der Waals surface area contributed by atoms with Crippen molar-refractivity contribution in [3.63, 3.8) is 0 Å². The molecule has 0 rings (SSSR count). The summed E-state index contributed by atoms with van der Waals surface area (Å²) in [6.07, 6.45) is 0.872. The van der Waals surface area contributed by atoms with Crippen molar-refractivity contribution in [3.05, 3.63) is 12.2 Å². The molecule has 3 nitrogen and oxygen atoms in total. The minimum atomic E-state index is -1.06. The molecule has 0 amide bonds. The summed E-state index contributed by atoms with van der Waals surface area (Å²) in [7, 11) is 0. The van der Waals surface area contributed by atoms with Crippen LogP contribution in [0.1, 0.15) is 33.1 Å². The largest absolute Gasteiger partial charge is 0.550 e. The predicted octanol–water partition coefficient (Wildman–Crippen LogP) is 0.480. The number of carboxylic acid groups (broad SMARTS) is 1. The van der Waals surface area contributed by atoms with Gasteiger partial charge in [0.2, 0.25) is 0 Å². The number of carbonyl (C=O) groups is 1. The lowest BCUT2D eigenvalue weighted by atomic mass is 9.92. The lowest BCUT2D eigenvalue weighted by Gasteiger charge is -2.18. The van der Waals surface area contributed by atoms with Crippen molar-refractivity contribution in [2.24, 2.45) is 5.92 Å². The predicted molar refractivity (Wildman–Crippen MR) is 48.8 cm³/mol. The van der Waals surface area contributed by atoms with Gasteiger partial charge in [-0.1, -0.05) is 12.2 Å². The average molecular weight is 185 g/mol. The zero-order valence-corrected chi connectivity index (χ0v) is 8.25. The average Bonchev–Trinajstić information content (AvgIpc) is 1.96. The summed E-state index contributed by atoms with van der Waals surface area (Å²) in [6, 6.07) is 0. The highest BCUT2D eigenvalue weighted by Crippen LogP contribution is 2.19. The molecule has 3 heteroatoms. The van der Waals surface area contributed by atoms with Crippen molar-refractivity contribution in [2.45, 2.75) is 39.2 Å². The first-order valence-electron chi connectivity index (χ1n) is 4.46. The van der Waals surface area contributed by atoms with Crippen LogP contribution in [0.3, 0.4) is 0 Å². The Labute approximate surface area is 79.1 Å². The number of hydrogen-bond donors (Lipinski definition) is 1. The van der Waals surface area contributed by atoms with Crippen LogP contribution < -0.4 is 5.11 Å². The fourth-order valence-electron chi connectivity index (χ4n) is 1.17. The highest BCUT2D eigenvalue weighted by Gasteiger charge is 2.10. The third-order valence-electron chi connectivity index (χ3n) is 2.04. The van der Waals surface area contributed by atoms with Crippen LogP contribution >= 0.6 is 0 Å². The molecule has 0 saturated heterocycles. The van der Waals surface area contributed by atoms with Gasteiger partial charge in [0.1, 0.15) is 0 Å². The van der Waals surface area contributed by atoms with E-state index in [9.17, 15) is 9.90 Å². The molecule has 0 unspecified atom stereocenters. The Morgan fingerprint density at radius 3 is 2.38 bits per heavy atom. The van der Waals surface area contributed by atoms with Gasteiger partial charge in [-0.05, 0) is 39.0 Å². The molecule has 2 atom stereocenters. The highest BCUT2D eigenvalue weighted by molar-refractivity contribution is 5.65. The Hall–Kier alpha value is -0.830. The SMILES string of the molecule is C=C(C)[C@@H](CC[C@@H](C)O)CC(=O)[O-]. The molecule has 0 aromatic heterocycles. The number of aliphatic carboxylic acids is 1. The molecule has 76 valence electrons. The number of allylic oxidation sites excluding steroid dienone is 1. The van der Waals surface area contributed by atoms with Crippen LogP contribution in [0.2, 0.25) is 0 Å². The van der Waals surface area contributed by atoms with Crippen LogP contribution in [0.4, 0.5) is 0 Å². The standard InChI is InChI=1S/C10H18O3/c1-7(2)9(6-10(12)13)5-4-8(3)11/h8-9,11H,1,4-6H2,2-3H3,(H,12,13)/p-1/t8-,9+/m1/s1. The number of rotatable bonds is 6. The monoisotopic (exact) mass is 185 g/mol. The van der Waals surface area contributed by atoms with Crippen LogP contribution in [-0.2, 0) is 4.79 Å². The van der Waals surface area contributed by atoms with Crippen LogP contribution in [-0.4, -0.2) is 17.2 Å². The van der Waals surface area contributed by atoms with Gasteiger partial charge in [-0.2, -0.15) is 0 Å². The zero-order chi connectivity index (χ0) is 10.4. The molecular weight excluding hydrogens is 168 g/mol. The summed E-state index contributed by atoms with van der Waals surface area (Å²) in [5.74, 6) is -1.13. The Balaban J connectivity index is 3.95. The molecule has 0 bridgehead atoms. The summed E-state index contributed by atoms with van der Waals surface area (Å²) in [4.78, 5) is 10.3. The second-order valence-electron chi connectivity index (χ2n) is 3.55. The Kier molecular flexibility index (Phi) is 5.39. The van der Waals surface area contributed by atoms with E-state index < -0.39 is 5.97 Å². The number of hydrogen-bond acceptors (Lipinski definition) is 3. The van der Waals surface area contributed by atoms with Crippen LogP contribution in [0.5, 0.6) is 0 Å². The maximum Gasteiger partial charge on any atom is 0.0512 e. The van der Waals surface area contributed by atoms with Crippen molar-refractivity contribution in [3.8, 4) is 0 Å². The lowest BCUT2D eigenvalue weighted by Crippen LogP contribution is -2.25. The fraction of sp³-hybridized carbons (Fsp3) is 0.700. The highest BCUT2D eigenvalue weighted by atomic mass is 16.4. The molecule has 0 aliphatic rings. The van der Waals surface area contributed by atoms with Gasteiger partial charge >= 0.3 is 0 Å². The van der Waals surface area contributed by atoms with Gasteiger partial charge in [0.25, 0.3) is 0 Å². The number of carboxylic acids is 1. The van der Waals surface area contributed by atoms with Crippen LogP contribution in [0, 0.1) is 5.92 Å². The normalized spacial score (nSPS) is 15.0. The van der Waals surface area contributed by atoms with Gasteiger partial charge in [-0.3, -0.25) is 0 Å². The van der Waals surface area contributed by atoms with Gasteiger partial charge in [0.05, 0.1) is 6.10 Å². The Bertz CT molecular complexity index is 185. The summed E-state index contributed by atoms with van der Waals surface area (Å²) in [6.45, 7) is 7.20. The van der Waals surface area contributed by atoms with Crippen molar-refractivity contribution in [1.82, 2.24) is 0 Å². The Morgan fingerprint density at radius 2 is 2.08 bits per heavy atom. The molecule has 0 aromatic rings. The second kappa shape index (κ2) is 5.75. The molecule has 1 N–H and O–H groups in total. The van der Waals surface area contributed by atoms with E-state index in [1.165, 1.54) is 0 Å². The minimum Gasteiger partial charge on any atom is -0.550 e. The number of aliphatic hydroxyl groups is 1. The molecule has 0 aliphatic carbocycles. The van der Waals surface area contributed by atoms with E-state index in [1.54, 1.807) is 13.8 Å². The van der Waals surface area contributed by atoms with E-state index in [-0.39, 0.29) is 18.4 Å². The van der Waals surface area contributed by atoms with Gasteiger partial charge in [-0.25, -0.2) is 0 Å². The number of carbonyl (C=O) groups excluding carboxylic acids is 1. The molecule has 0 saturated carbocycles. The van der Waals surface area contributed by atoms with Crippen molar-refractivity contribution < 1.29 is 15.0 Å². The van der Waals surface area contributed by atoms with Gasteiger partial charge in [0, 0.05) is 5.97 Å². The second-order valence-corrected chi connectivity index (χ2v) is 3.55. The third-order valence-corrected chi connectivity index (χ3v) is 2.04. The molecule has 13 heavy (non-hydrogen) atoms. The van der Waals surface area contributed by atoms with Gasteiger partial charge < -0.3 is 15.0 Å². The molecule has 0 aromatic carbocycles. The molecule has 0 radical (unpaired) electrons. The molecule has 0 aliphatic heterocycles. The smallest absolute Gasteiger partial charge is 0.0512 e. The van der Waals surface area contributed by atoms with Crippen molar-refractivity contribution in [1.29, 1.82) is 0 Å². The maximum atomic E-state index is 10.3. The van der Waals surface area contributed by atoms with Crippen molar-refractivity contribution in [2.75, 3.05) is 0 Å². The quantitative estimate of drug-likeness (QED) is 0.612. The van der Waals surface area contributed by atoms with E-state index in [2.05, 4.69) is 6.58 Å². The van der Waals surface area contributed by atoms with E-state index in [0.717, 1.165) is 5.57 Å². The molecule has 0 fully saturated rings. The van der Waals surface area contributed by atoms with Crippen molar-refractivity contribution >= 4 is 5.97 Å². The Morgan fingerprint density at radius 1 is 1.54 bits per heavy atom. The van der Waals surface area contributed by atoms with E-state index in [1.807, 2.05) is 0 Å². The summed E-state index contributed by atoms with van der Waals surface area (Å²) >= 11 is 0. The zero-order valence-electron chi connectivity index (χ0n) is 8.25. The topological polar surface area (TPSA) is 60.4 Å². The van der Waals surface area contributed by atoms with Gasteiger partial charge in [0.15, 0.2) is 0 Å². The van der Waals surface area contributed by atoms with Crippen LogP contribution in [0.15, 0.2) is 12.2 Å². The molecule has 0 heterocycles. The molecular formula is C10H17O3-. The van der Waals surface area contributed by atoms with Crippen LogP contribution in [0.25, 0.3) is 0 Å². The van der Waals surface area contributed by atoms with E-state index >= 15 is 0 Å². The first-order valence-corrected chi connectivity index (χ1v) is 4.46. The molecule has 0 spiro atoms. The summed E-state index contributed by atoms with van der Waals surface area (Å²) < 4.78 is 0.